The number of benzene rings is 1. The monoisotopic (exact) mass is 496 g/mol. The van der Waals surface area contributed by atoms with Crippen LogP contribution in [0.5, 0.6) is 5.75 Å². The van der Waals surface area contributed by atoms with E-state index in [4.69, 9.17) is 10.5 Å². The minimum absolute atomic E-state index is 0.0970. The van der Waals surface area contributed by atoms with Gasteiger partial charge in [0.1, 0.15) is 12.6 Å². The van der Waals surface area contributed by atoms with Gasteiger partial charge >= 0.3 is 12.8 Å². The van der Waals surface area contributed by atoms with Gasteiger partial charge < -0.3 is 25.4 Å². The topological polar surface area (TPSA) is 97.1 Å². The molecule has 13 heteroatoms. The maximum absolute atomic E-state index is 13.2. The fourth-order valence-electron chi connectivity index (χ4n) is 3.52. The lowest BCUT2D eigenvalue weighted by molar-refractivity contribution is -0.156. The maximum atomic E-state index is 13.2. The molecule has 2 amide bonds. The van der Waals surface area contributed by atoms with Crippen molar-refractivity contribution in [2.75, 3.05) is 49.6 Å². The molecular weight excluding hydrogens is 467 g/mol. The van der Waals surface area contributed by atoms with Crippen molar-refractivity contribution >= 4 is 23.2 Å². The summed E-state index contributed by atoms with van der Waals surface area (Å²) in [5.41, 5.74) is 5.10. The summed E-state index contributed by atoms with van der Waals surface area (Å²) in [6.45, 7) is 0.223. The summed E-state index contributed by atoms with van der Waals surface area (Å²) in [6.07, 6.45) is -4.59. The number of rotatable bonds is 9. The van der Waals surface area contributed by atoms with Crippen molar-refractivity contribution in [3.05, 3.63) is 18.2 Å². The van der Waals surface area contributed by atoms with E-state index in [1.165, 1.54) is 17.0 Å². The van der Waals surface area contributed by atoms with Crippen molar-refractivity contribution in [1.29, 1.82) is 0 Å². The van der Waals surface area contributed by atoms with Crippen molar-refractivity contribution in [1.82, 2.24) is 4.90 Å². The van der Waals surface area contributed by atoms with Crippen molar-refractivity contribution in [2.24, 2.45) is 11.1 Å². The highest BCUT2D eigenvalue weighted by molar-refractivity contribution is 5.98. The lowest BCUT2D eigenvalue weighted by Gasteiger charge is -2.35. The molecule has 1 atom stereocenters. The number of ether oxygens (including phenoxy) is 2. The number of nitrogens with one attached hydrogen (secondary N) is 1. The molecule has 0 bridgehead atoms. The van der Waals surface area contributed by atoms with Gasteiger partial charge in [0.25, 0.3) is 5.91 Å². The van der Waals surface area contributed by atoms with Crippen molar-refractivity contribution < 1.29 is 41.0 Å². The number of halogens is 5. The molecule has 8 nitrogen and oxygen atoms in total. The van der Waals surface area contributed by atoms with Crippen molar-refractivity contribution in [3.8, 4) is 5.75 Å². The number of alkyl halides is 5. The molecule has 1 aromatic rings. The summed E-state index contributed by atoms with van der Waals surface area (Å²) < 4.78 is 75.1. The van der Waals surface area contributed by atoms with Gasteiger partial charge in [-0.15, -0.1) is 0 Å². The first-order chi connectivity index (χ1) is 15.7. The standard InChI is InChI=1S/C21H29F5N4O4/c1-20(2,3)11-29(12-21(24,25)26)15(9-27)18(32)28-14-5-4-13(8-16(14)34-19(22)23)30-6-7-33-10-17(30)31/h4-5,8,15,19H,6-7,9-12,27H2,1-3H3,(H,28,32)/t15-/m1/s1. The Kier molecular flexibility index (Phi) is 9.20. The Bertz CT molecular complexity index is 845. The number of hydrogen-bond donors (Lipinski definition) is 2. The van der Waals surface area contributed by atoms with Crippen LogP contribution in [0.15, 0.2) is 18.2 Å². The molecular formula is C21H29F5N4O4. The number of hydrogen-bond acceptors (Lipinski definition) is 6. The average molecular weight is 496 g/mol. The first-order valence-corrected chi connectivity index (χ1v) is 10.5. The van der Waals surface area contributed by atoms with Gasteiger partial charge in [0.2, 0.25) is 5.91 Å². The molecule has 34 heavy (non-hydrogen) atoms. The van der Waals surface area contributed by atoms with Crippen LogP contribution in [0.25, 0.3) is 0 Å². The van der Waals surface area contributed by atoms with Crippen LogP contribution < -0.4 is 20.7 Å². The van der Waals surface area contributed by atoms with E-state index < -0.39 is 49.0 Å². The minimum atomic E-state index is -4.59. The molecule has 3 N–H and O–H groups in total. The highest BCUT2D eigenvalue weighted by Crippen LogP contribution is 2.32. The van der Waals surface area contributed by atoms with Crippen LogP contribution >= 0.6 is 0 Å². The molecule has 0 spiro atoms. The molecule has 2 rings (SSSR count). The summed E-state index contributed by atoms with van der Waals surface area (Å²) in [5, 5.41) is 2.35. The van der Waals surface area contributed by atoms with Gasteiger partial charge in [-0.3, -0.25) is 14.5 Å². The second-order valence-electron chi connectivity index (χ2n) is 8.98. The summed E-state index contributed by atoms with van der Waals surface area (Å²) >= 11 is 0. The Balaban J connectivity index is 2.32. The third kappa shape index (κ3) is 8.37. The number of nitrogens with zero attached hydrogens (tertiary/aromatic N) is 2. The highest BCUT2D eigenvalue weighted by atomic mass is 19.4. The number of amides is 2. The molecule has 0 radical (unpaired) electrons. The van der Waals surface area contributed by atoms with Crippen LogP contribution in [0.1, 0.15) is 20.8 Å². The largest absolute Gasteiger partial charge is 0.433 e. The van der Waals surface area contributed by atoms with E-state index in [9.17, 15) is 31.5 Å². The molecule has 0 aliphatic carbocycles. The van der Waals surface area contributed by atoms with Gasteiger partial charge in [-0.05, 0) is 17.5 Å². The van der Waals surface area contributed by atoms with Crippen LogP contribution in [0.3, 0.4) is 0 Å². The Hall–Kier alpha value is -2.51. The zero-order valence-electron chi connectivity index (χ0n) is 19.1. The molecule has 1 saturated heterocycles. The number of anilines is 2. The molecule has 192 valence electrons. The number of nitrogens with two attached hydrogens (primary N) is 1. The quantitative estimate of drug-likeness (QED) is 0.511. The van der Waals surface area contributed by atoms with E-state index in [2.05, 4.69) is 10.1 Å². The summed E-state index contributed by atoms with van der Waals surface area (Å²) in [6, 6.07) is 2.39. The van der Waals surface area contributed by atoms with Gasteiger partial charge in [0.05, 0.1) is 18.8 Å². The number of morpholine rings is 1. The number of carbonyl (C=O) groups excluding carboxylic acids is 2. The Morgan fingerprint density at radius 1 is 1.26 bits per heavy atom. The van der Waals surface area contributed by atoms with Crippen LogP contribution in [-0.4, -0.2) is 74.9 Å². The normalized spacial score (nSPS) is 16.2. The first-order valence-electron chi connectivity index (χ1n) is 10.5. The SMILES string of the molecule is CC(C)(C)CN(CC(F)(F)F)[C@H](CN)C(=O)Nc1ccc(N2CCOCC2=O)cc1OC(F)F. The summed E-state index contributed by atoms with van der Waals surface area (Å²) in [5.74, 6) is -1.75. The molecule has 0 unspecified atom stereocenters. The van der Waals surface area contributed by atoms with E-state index >= 15 is 0 Å². The van der Waals surface area contributed by atoms with E-state index in [0.29, 0.717) is 0 Å². The third-order valence-electron chi connectivity index (χ3n) is 4.76. The zero-order chi connectivity index (χ0) is 25.7. The van der Waals surface area contributed by atoms with Crippen molar-refractivity contribution in [3.63, 3.8) is 0 Å². The number of carbonyl (C=O) groups is 2. The van der Waals surface area contributed by atoms with E-state index in [1.807, 2.05) is 0 Å². The minimum Gasteiger partial charge on any atom is -0.433 e. The fourth-order valence-corrected chi connectivity index (χ4v) is 3.52. The van der Waals surface area contributed by atoms with Gasteiger partial charge in [-0.25, -0.2) is 0 Å². The van der Waals surface area contributed by atoms with Gasteiger partial charge in [0.15, 0.2) is 5.75 Å². The zero-order valence-corrected chi connectivity index (χ0v) is 19.1. The van der Waals surface area contributed by atoms with Crippen LogP contribution in [0.2, 0.25) is 0 Å². The van der Waals surface area contributed by atoms with E-state index in [-0.39, 0.29) is 43.6 Å². The van der Waals surface area contributed by atoms with E-state index in [0.717, 1.165) is 11.0 Å². The molecule has 1 heterocycles. The lowest BCUT2D eigenvalue weighted by atomic mass is 9.95. The summed E-state index contributed by atoms with van der Waals surface area (Å²) in [4.78, 5) is 27.2. The van der Waals surface area contributed by atoms with Crippen LogP contribution in [0, 0.1) is 5.41 Å². The predicted molar refractivity (Wildman–Crippen MR) is 115 cm³/mol. The van der Waals surface area contributed by atoms with Crippen LogP contribution in [0.4, 0.5) is 33.3 Å². The Morgan fingerprint density at radius 2 is 1.94 bits per heavy atom. The smallest absolute Gasteiger partial charge is 0.401 e. The van der Waals surface area contributed by atoms with Gasteiger partial charge in [-0.1, -0.05) is 20.8 Å². The highest BCUT2D eigenvalue weighted by Gasteiger charge is 2.38. The Labute approximate surface area is 194 Å². The second-order valence-corrected chi connectivity index (χ2v) is 8.98. The molecule has 0 saturated carbocycles. The average Bonchev–Trinajstić information content (AvgIpc) is 2.67. The Morgan fingerprint density at radius 3 is 2.47 bits per heavy atom. The molecule has 0 aromatic heterocycles. The molecule has 1 aromatic carbocycles. The van der Waals surface area contributed by atoms with Crippen LogP contribution in [-0.2, 0) is 14.3 Å². The first kappa shape index (κ1) is 27.7. The maximum Gasteiger partial charge on any atom is 0.401 e. The van der Waals surface area contributed by atoms with Gasteiger partial charge in [0, 0.05) is 31.4 Å². The molecule has 1 aliphatic rings. The predicted octanol–water partition coefficient (Wildman–Crippen LogP) is 2.83. The van der Waals surface area contributed by atoms with E-state index in [1.54, 1.807) is 20.8 Å². The molecule has 1 fully saturated rings. The fraction of sp³-hybridized carbons (Fsp3) is 0.619. The summed E-state index contributed by atoms with van der Waals surface area (Å²) in [7, 11) is 0. The third-order valence-corrected chi connectivity index (χ3v) is 4.76. The van der Waals surface area contributed by atoms with Gasteiger partial charge in [-0.2, -0.15) is 22.0 Å². The second kappa shape index (κ2) is 11.3. The molecule has 1 aliphatic heterocycles. The van der Waals surface area contributed by atoms with Crippen molar-refractivity contribution in [2.45, 2.75) is 39.6 Å². The lowest BCUT2D eigenvalue weighted by Crippen LogP contribution is -2.54.